The Hall–Kier alpha value is -3.48. The van der Waals surface area contributed by atoms with Gasteiger partial charge in [-0.15, -0.1) is 5.10 Å². The van der Waals surface area contributed by atoms with E-state index in [-0.39, 0.29) is 0 Å². The molecule has 2 aromatic heterocycles. The Bertz CT molecular complexity index is 1020. The number of nitrogens with zero attached hydrogens (tertiary/aromatic N) is 5. The molecule has 0 aliphatic carbocycles. The van der Waals surface area contributed by atoms with Gasteiger partial charge < -0.3 is 11.1 Å². The van der Waals surface area contributed by atoms with Crippen molar-refractivity contribution < 1.29 is 0 Å². The summed E-state index contributed by atoms with van der Waals surface area (Å²) in [7, 11) is 0. The summed E-state index contributed by atoms with van der Waals surface area (Å²) in [5, 5.41) is 11.6. The quantitative estimate of drug-likeness (QED) is 0.597. The molecular weight excluding hydrogens is 314 g/mol. The summed E-state index contributed by atoms with van der Waals surface area (Å²) in [5.74, 6) is 1.08. The molecule has 0 saturated carbocycles. The molecule has 7 heteroatoms. The van der Waals surface area contributed by atoms with E-state index in [1.54, 1.807) is 4.68 Å². The van der Waals surface area contributed by atoms with Gasteiger partial charge in [0.1, 0.15) is 17.5 Å². The predicted molar refractivity (Wildman–Crippen MR) is 97.4 cm³/mol. The molecular formula is C18H17N7. The van der Waals surface area contributed by atoms with Crippen molar-refractivity contribution in [2.45, 2.75) is 13.5 Å². The zero-order valence-corrected chi connectivity index (χ0v) is 13.7. The second-order valence-corrected chi connectivity index (χ2v) is 5.79. The lowest BCUT2D eigenvalue weighted by molar-refractivity contribution is 0.799. The fourth-order valence-electron chi connectivity index (χ4n) is 2.61. The molecule has 4 rings (SSSR count). The minimum Gasteiger partial charge on any atom is -0.393 e. The lowest BCUT2D eigenvalue weighted by Crippen LogP contribution is -2.10. The molecule has 25 heavy (non-hydrogen) atoms. The Kier molecular flexibility index (Phi) is 3.74. The van der Waals surface area contributed by atoms with Gasteiger partial charge in [0.15, 0.2) is 11.6 Å². The van der Waals surface area contributed by atoms with Crippen molar-refractivity contribution in [3.63, 3.8) is 0 Å². The number of para-hydroxylation sites is 1. The van der Waals surface area contributed by atoms with Crippen LogP contribution in [0, 0.1) is 6.92 Å². The minimum absolute atomic E-state index is 0.435. The minimum atomic E-state index is 0.435. The number of nitrogens with one attached hydrogen (secondary N) is 1. The smallest absolute Gasteiger partial charge is 0.184 e. The molecule has 0 bridgehead atoms. The highest BCUT2D eigenvalue weighted by molar-refractivity contribution is 5.78. The maximum atomic E-state index is 6.28. The molecule has 0 unspecified atom stereocenters. The van der Waals surface area contributed by atoms with Crippen LogP contribution in [0.3, 0.4) is 0 Å². The first-order valence-electron chi connectivity index (χ1n) is 7.93. The zero-order chi connectivity index (χ0) is 17.2. The van der Waals surface area contributed by atoms with Gasteiger partial charge in [-0.25, -0.2) is 9.97 Å². The first-order valence-corrected chi connectivity index (χ1v) is 7.93. The number of rotatable bonds is 4. The van der Waals surface area contributed by atoms with E-state index in [0.717, 1.165) is 16.6 Å². The Morgan fingerprint density at radius 3 is 2.68 bits per heavy atom. The molecule has 0 atom stereocenters. The molecule has 4 aromatic rings. The fourth-order valence-corrected chi connectivity index (χ4v) is 2.61. The van der Waals surface area contributed by atoms with E-state index in [0.29, 0.717) is 23.9 Å². The summed E-state index contributed by atoms with van der Waals surface area (Å²) in [6.07, 6.45) is 1.47. The van der Waals surface area contributed by atoms with Crippen LogP contribution >= 0.6 is 0 Å². The van der Waals surface area contributed by atoms with Gasteiger partial charge in [0.25, 0.3) is 0 Å². The Morgan fingerprint density at radius 2 is 1.84 bits per heavy atom. The van der Waals surface area contributed by atoms with Gasteiger partial charge in [0.05, 0.1) is 5.52 Å². The monoisotopic (exact) mass is 331 g/mol. The number of aryl methyl sites for hydroxylation is 1. The standard InChI is InChI=1S/C18H17N7/c1-12-6-8-13(9-7-12)10-20-17-16(19)18(22-11-21-17)25-15-5-3-2-4-14(15)23-24-25/h2-9,11H,10,19H2,1H3,(H,20,21,22). The second kappa shape index (κ2) is 6.20. The van der Waals surface area contributed by atoms with Gasteiger partial charge in [-0.3, -0.25) is 0 Å². The third-order valence-electron chi connectivity index (χ3n) is 4.00. The number of fused-ring (bicyclic) bond motifs is 1. The average molecular weight is 331 g/mol. The maximum Gasteiger partial charge on any atom is 0.184 e. The van der Waals surface area contributed by atoms with Crippen LogP contribution in [0.25, 0.3) is 16.9 Å². The Morgan fingerprint density at radius 1 is 1.04 bits per heavy atom. The highest BCUT2D eigenvalue weighted by Crippen LogP contribution is 2.24. The molecule has 7 nitrogen and oxygen atoms in total. The summed E-state index contributed by atoms with van der Waals surface area (Å²) in [5.41, 5.74) is 10.7. The molecule has 0 amide bonds. The number of nitrogens with two attached hydrogens (primary N) is 1. The van der Waals surface area contributed by atoms with Crippen LogP contribution in [0.15, 0.2) is 54.9 Å². The van der Waals surface area contributed by atoms with E-state index < -0.39 is 0 Å². The number of benzene rings is 2. The lowest BCUT2D eigenvalue weighted by Gasteiger charge is -2.11. The van der Waals surface area contributed by atoms with Gasteiger partial charge >= 0.3 is 0 Å². The first kappa shape index (κ1) is 15.1. The second-order valence-electron chi connectivity index (χ2n) is 5.79. The predicted octanol–water partition coefficient (Wildman–Crippen LogP) is 2.71. The van der Waals surface area contributed by atoms with Crippen LogP contribution in [0.4, 0.5) is 11.5 Å². The van der Waals surface area contributed by atoms with E-state index >= 15 is 0 Å². The number of hydrogen-bond donors (Lipinski definition) is 2. The number of hydrogen-bond acceptors (Lipinski definition) is 6. The summed E-state index contributed by atoms with van der Waals surface area (Å²) in [4.78, 5) is 8.54. The molecule has 0 aliphatic rings. The molecule has 2 heterocycles. The van der Waals surface area contributed by atoms with Crippen molar-refractivity contribution >= 4 is 22.5 Å². The number of aromatic nitrogens is 5. The number of nitrogen functional groups attached to an aromatic ring is 1. The summed E-state index contributed by atoms with van der Waals surface area (Å²) in [6.45, 7) is 2.69. The van der Waals surface area contributed by atoms with Crippen molar-refractivity contribution in [2.24, 2.45) is 0 Å². The Balaban J connectivity index is 1.65. The van der Waals surface area contributed by atoms with Crippen molar-refractivity contribution in [1.82, 2.24) is 25.0 Å². The molecule has 0 saturated heterocycles. The third-order valence-corrected chi connectivity index (χ3v) is 4.00. The van der Waals surface area contributed by atoms with Gasteiger partial charge in [-0.1, -0.05) is 47.2 Å². The molecule has 3 N–H and O–H groups in total. The molecule has 0 radical (unpaired) electrons. The molecule has 124 valence electrons. The summed E-state index contributed by atoms with van der Waals surface area (Å²) < 4.78 is 1.63. The lowest BCUT2D eigenvalue weighted by atomic mass is 10.1. The van der Waals surface area contributed by atoms with E-state index in [1.165, 1.54) is 11.9 Å². The van der Waals surface area contributed by atoms with Crippen LogP contribution < -0.4 is 11.1 Å². The van der Waals surface area contributed by atoms with Crippen LogP contribution in [0.2, 0.25) is 0 Å². The average Bonchev–Trinajstić information content (AvgIpc) is 3.06. The van der Waals surface area contributed by atoms with E-state index in [9.17, 15) is 0 Å². The SMILES string of the molecule is Cc1ccc(CNc2ncnc(-n3nnc4ccccc43)c2N)cc1. The Labute approximate surface area is 144 Å². The molecule has 0 spiro atoms. The topological polar surface area (TPSA) is 94.5 Å². The third kappa shape index (κ3) is 2.87. The van der Waals surface area contributed by atoms with Crippen LogP contribution in [0.5, 0.6) is 0 Å². The van der Waals surface area contributed by atoms with Gasteiger partial charge in [-0.05, 0) is 24.6 Å². The van der Waals surface area contributed by atoms with Crippen LogP contribution in [-0.4, -0.2) is 25.0 Å². The van der Waals surface area contributed by atoms with Crippen molar-refractivity contribution in [1.29, 1.82) is 0 Å². The molecule has 2 aromatic carbocycles. The van der Waals surface area contributed by atoms with E-state index in [1.807, 2.05) is 24.3 Å². The van der Waals surface area contributed by atoms with E-state index in [4.69, 9.17) is 5.73 Å². The van der Waals surface area contributed by atoms with Crippen molar-refractivity contribution in [3.8, 4) is 5.82 Å². The maximum absolute atomic E-state index is 6.28. The summed E-state index contributed by atoms with van der Waals surface area (Å²) in [6, 6.07) is 16.0. The molecule has 0 fully saturated rings. The zero-order valence-electron chi connectivity index (χ0n) is 13.7. The molecule has 0 aliphatic heterocycles. The fraction of sp³-hybridized carbons (Fsp3) is 0.111. The highest BCUT2D eigenvalue weighted by Gasteiger charge is 2.13. The van der Waals surface area contributed by atoms with Crippen molar-refractivity contribution in [2.75, 3.05) is 11.1 Å². The van der Waals surface area contributed by atoms with Crippen LogP contribution in [0.1, 0.15) is 11.1 Å². The number of anilines is 2. The van der Waals surface area contributed by atoms with Crippen LogP contribution in [-0.2, 0) is 6.54 Å². The van der Waals surface area contributed by atoms with Gasteiger partial charge in [0.2, 0.25) is 0 Å². The van der Waals surface area contributed by atoms with Gasteiger partial charge in [0, 0.05) is 6.54 Å². The first-order chi connectivity index (χ1) is 12.2. The van der Waals surface area contributed by atoms with Gasteiger partial charge in [-0.2, -0.15) is 4.68 Å². The van der Waals surface area contributed by atoms with Crippen molar-refractivity contribution in [3.05, 3.63) is 66.0 Å². The highest BCUT2D eigenvalue weighted by atomic mass is 15.4. The largest absolute Gasteiger partial charge is 0.393 e. The van der Waals surface area contributed by atoms with E-state index in [2.05, 4.69) is 56.8 Å². The normalized spacial score (nSPS) is 10.9. The summed E-state index contributed by atoms with van der Waals surface area (Å²) >= 11 is 0.